The molecule has 0 aromatic heterocycles. The van der Waals surface area contributed by atoms with Crippen molar-refractivity contribution in [2.75, 3.05) is 31.1 Å². The zero-order chi connectivity index (χ0) is 22.3. The van der Waals surface area contributed by atoms with E-state index in [9.17, 15) is 27.2 Å². The lowest BCUT2D eigenvalue weighted by atomic mass is 10.1. The van der Waals surface area contributed by atoms with Crippen LogP contribution in [0.4, 0.5) is 28.0 Å². The van der Waals surface area contributed by atoms with Gasteiger partial charge in [-0.3, -0.25) is 9.69 Å². The summed E-state index contributed by atoms with van der Waals surface area (Å²) in [5.74, 6) is -0.762. The second kappa shape index (κ2) is 7.58. The van der Waals surface area contributed by atoms with Crippen LogP contribution in [0.3, 0.4) is 0 Å². The van der Waals surface area contributed by atoms with Crippen molar-refractivity contribution in [2.24, 2.45) is 0 Å². The number of carbonyl (C=O) groups excluding carboxylic acids is 2. The summed E-state index contributed by atoms with van der Waals surface area (Å²) < 4.78 is 53.0. The minimum atomic E-state index is -4.73. The smallest absolute Gasteiger partial charge is 0.335 e. The van der Waals surface area contributed by atoms with Gasteiger partial charge < -0.3 is 9.80 Å². The molecule has 2 fully saturated rings. The summed E-state index contributed by atoms with van der Waals surface area (Å²) in [5.41, 5.74) is -1.25. The molecule has 0 radical (unpaired) electrons. The van der Waals surface area contributed by atoms with Crippen molar-refractivity contribution >= 4 is 17.6 Å². The molecule has 2 aromatic carbocycles. The van der Waals surface area contributed by atoms with Gasteiger partial charge in [0, 0.05) is 37.4 Å². The Balaban J connectivity index is 1.54. The van der Waals surface area contributed by atoms with Crippen LogP contribution in [0.5, 0.6) is 0 Å². The average molecular weight is 432 g/mol. The summed E-state index contributed by atoms with van der Waals surface area (Å²) in [7, 11) is 0. The van der Waals surface area contributed by atoms with Gasteiger partial charge in [0.1, 0.15) is 5.82 Å². The van der Waals surface area contributed by atoms with Gasteiger partial charge in [-0.05, 0) is 42.5 Å². The van der Waals surface area contributed by atoms with Crippen molar-refractivity contribution in [3.63, 3.8) is 0 Å². The van der Waals surface area contributed by atoms with Crippen molar-refractivity contribution in [2.45, 2.75) is 12.2 Å². The van der Waals surface area contributed by atoms with Crippen LogP contribution in [-0.2, 0) is 6.18 Å². The molecule has 2 heterocycles. The van der Waals surface area contributed by atoms with E-state index in [-0.39, 0.29) is 37.8 Å². The fourth-order valence-electron chi connectivity index (χ4n) is 3.91. The lowest BCUT2D eigenvalue weighted by Gasteiger charge is -2.36. The van der Waals surface area contributed by atoms with Crippen molar-refractivity contribution in [3.8, 4) is 6.07 Å². The highest BCUT2D eigenvalue weighted by Gasteiger charge is 2.43. The number of rotatable bonds is 2. The van der Waals surface area contributed by atoms with E-state index in [0.717, 1.165) is 12.1 Å². The van der Waals surface area contributed by atoms with E-state index in [1.807, 2.05) is 0 Å². The van der Waals surface area contributed by atoms with Gasteiger partial charge in [-0.15, -0.1) is 0 Å². The normalized spacial score (nSPS) is 18.7. The number of urea groups is 1. The molecule has 0 saturated carbocycles. The van der Waals surface area contributed by atoms with Crippen molar-refractivity contribution in [1.29, 1.82) is 5.26 Å². The monoisotopic (exact) mass is 432 g/mol. The van der Waals surface area contributed by atoms with E-state index in [4.69, 9.17) is 5.26 Å². The quantitative estimate of drug-likeness (QED) is 0.683. The molecular weight excluding hydrogens is 416 g/mol. The molecule has 0 unspecified atom stereocenters. The van der Waals surface area contributed by atoms with Gasteiger partial charge in [0.05, 0.1) is 23.2 Å². The van der Waals surface area contributed by atoms with Gasteiger partial charge in [-0.1, -0.05) is 0 Å². The molecular formula is C21H16F4N4O2. The number of hydrogen-bond donors (Lipinski definition) is 0. The van der Waals surface area contributed by atoms with Crippen LogP contribution < -0.4 is 4.90 Å². The number of piperazine rings is 1. The maximum atomic E-state index is 13.3. The molecule has 0 N–H and O–H groups in total. The van der Waals surface area contributed by atoms with Crippen LogP contribution in [0, 0.1) is 17.1 Å². The molecule has 4 rings (SSSR count). The van der Waals surface area contributed by atoms with Crippen LogP contribution in [0.1, 0.15) is 21.5 Å². The predicted octanol–water partition coefficient (Wildman–Crippen LogP) is 3.48. The maximum absolute atomic E-state index is 13.3. The number of alkyl halides is 3. The third-order valence-corrected chi connectivity index (χ3v) is 5.47. The SMILES string of the molecule is N#Cc1ccc(N2C[C@@H]3CN(C(=O)c4ccc(F)cc4)CCN3C2=O)cc1C(F)(F)F. The van der Waals surface area contributed by atoms with Crippen LogP contribution >= 0.6 is 0 Å². The molecule has 31 heavy (non-hydrogen) atoms. The van der Waals surface area contributed by atoms with E-state index in [2.05, 4.69) is 0 Å². The third kappa shape index (κ3) is 3.79. The molecule has 1 atom stereocenters. The number of nitriles is 1. The average Bonchev–Trinajstić information content (AvgIpc) is 3.08. The Morgan fingerprint density at radius 1 is 1.06 bits per heavy atom. The van der Waals surface area contributed by atoms with Crippen LogP contribution in [-0.4, -0.2) is 54.0 Å². The van der Waals surface area contributed by atoms with E-state index in [1.54, 1.807) is 4.90 Å². The molecule has 2 aliphatic rings. The van der Waals surface area contributed by atoms with Gasteiger partial charge in [-0.25, -0.2) is 9.18 Å². The lowest BCUT2D eigenvalue weighted by molar-refractivity contribution is -0.137. The molecule has 0 spiro atoms. The number of nitrogens with zero attached hydrogens (tertiary/aromatic N) is 4. The number of halogens is 4. The predicted molar refractivity (Wildman–Crippen MR) is 102 cm³/mol. The van der Waals surface area contributed by atoms with Crippen molar-refractivity contribution in [3.05, 3.63) is 65.0 Å². The first-order chi connectivity index (χ1) is 14.7. The minimum absolute atomic E-state index is 0.0436. The first-order valence-corrected chi connectivity index (χ1v) is 9.43. The molecule has 2 aliphatic heterocycles. The minimum Gasteiger partial charge on any atom is -0.335 e. The number of anilines is 1. The highest BCUT2D eigenvalue weighted by Crippen LogP contribution is 2.36. The van der Waals surface area contributed by atoms with Crippen LogP contribution in [0.2, 0.25) is 0 Å². The first kappa shape index (κ1) is 20.7. The summed E-state index contributed by atoms with van der Waals surface area (Å²) in [6.07, 6.45) is -4.73. The molecule has 0 aliphatic carbocycles. The zero-order valence-corrected chi connectivity index (χ0v) is 16.1. The zero-order valence-electron chi connectivity index (χ0n) is 16.1. The van der Waals surface area contributed by atoms with Gasteiger partial charge in [0.15, 0.2) is 0 Å². The van der Waals surface area contributed by atoms with Crippen molar-refractivity contribution < 1.29 is 27.2 Å². The van der Waals surface area contributed by atoms with Gasteiger partial charge in [-0.2, -0.15) is 18.4 Å². The Bertz CT molecular complexity index is 1080. The topological polar surface area (TPSA) is 67.7 Å². The third-order valence-electron chi connectivity index (χ3n) is 5.47. The standard InChI is InChI=1S/C21H16F4N4O2/c22-15-4-1-13(2-5-15)19(30)27-7-8-28-17(11-27)12-29(20(28)31)16-6-3-14(10-26)18(9-16)21(23,24)25/h1-6,9,17H,7-8,11-12H2/t17-/m0/s1. The van der Waals surface area contributed by atoms with Gasteiger partial charge in [0.2, 0.25) is 0 Å². The summed E-state index contributed by atoms with van der Waals surface area (Å²) in [6, 6.07) is 8.98. The molecule has 2 aromatic rings. The summed E-state index contributed by atoms with van der Waals surface area (Å²) in [6.45, 7) is 0.804. The van der Waals surface area contributed by atoms with E-state index in [1.165, 1.54) is 46.2 Å². The molecule has 2 saturated heterocycles. The van der Waals surface area contributed by atoms with Gasteiger partial charge >= 0.3 is 12.2 Å². The lowest BCUT2D eigenvalue weighted by Crippen LogP contribution is -2.53. The van der Waals surface area contributed by atoms with E-state index in [0.29, 0.717) is 5.56 Å². The molecule has 6 nitrogen and oxygen atoms in total. The largest absolute Gasteiger partial charge is 0.417 e. The Kier molecular flexibility index (Phi) is 5.05. The molecule has 160 valence electrons. The Labute approximate surface area is 174 Å². The Morgan fingerprint density at radius 2 is 1.77 bits per heavy atom. The van der Waals surface area contributed by atoms with Crippen molar-refractivity contribution in [1.82, 2.24) is 9.80 Å². The highest BCUT2D eigenvalue weighted by atomic mass is 19.4. The molecule has 3 amide bonds. The number of fused-ring (bicyclic) bond motifs is 1. The fourth-order valence-corrected chi connectivity index (χ4v) is 3.91. The Hall–Kier alpha value is -3.61. The van der Waals surface area contributed by atoms with Gasteiger partial charge in [0.25, 0.3) is 5.91 Å². The maximum Gasteiger partial charge on any atom is 0.417 e. The van der Waals surface area contributed by atoms with E-state index >= 15 is 0 Å². The molecule has 10 heteroatoms. The summed E-state index contributed by atoms with van der Waals surface area (Å²) >= 11 is 0. The summed E-state index contributed by atoms with van der Waals surface area (Å²) in [4.78, 5) is 29.8. The first-order valence-electron chi connectivity index (χ1n) is 9.43. The number of benzene rings is 2. The van der Waals surface area contributed by atoms with Crippen LogP contribution in [0.15, 0.2) is 42.5 Å². The van der Waals surface area contributed by atoms with E-state index < -0.39 is 35.2 Å². The molecule has 0 bridgehead atoms. The highest BCUT2D eigenvalue weighted by molar-refractivity contribution is 5.97. The second-order valence-corrected chi connectivity index (χ2v) is 7.34. The number of hydrogen-bond acceptors (Lipinski definition) is 3. The Morgan fingerprint density at radius 3 is 2.42 bits per heavy atom. The fraction of sp³-hybridized carbons (Fsp3) is 0.286. The van der Waals surface area contributed by atoms with Crippen LogP contribution in [0.25, 0.3) is 0 Å². The summed E-state index contributed by atoms with van der Waals surface area (Å²) in [5, 5.41) is 8.95. The number of amides is 3. The number of carbonyl (C=O) groups is 2. The second-order valence-electron chi connectivity index (χ2n) is 7.34.